The highest BCUT2D eigenvalue weighted by Gasteiger charge is 2.27. The Bertz CT molecular complexity index is 841. The van der Waals surface area contributed by atoms with E-state index in [1.807, 2.05) is 24.3 Å². The van der Waals surface area contributed by atoms with Gasteiger partial charge < -0.3 is 5.32 Å². The van der Waals surface area contributed by atoms with E-state index in [-0.39, 0.29) is 6.03 Å². The molecule has 4 rings (SSSR count). The van der Waals surface area contributed by atoms with Gasteiger partial charge in [0.25, 0.3) is 0 Å². The zero-order chi connectivity index (χ0) is 16.4. The molecule has 1 aromatic carbocycles. The first-order chi connectivity index (χ1) is 11.8. The molecule has 0 atom stereocenters. The molecule has 0 saturated heterocycles. The highest BCUT2D eigenvalue weighted by Crippen LogP contribution is 2.41. The van der Waals surface area contributed by atoms with E-state index in [0.29, 0.717) is 17.6 Å². The molecule has 2 heterocycles. The van der Waals surface area contributed by atoms with E-state index in [0.717, 1.165) is 16.3 Å². The van der Waals surface area contributed by atoms with E-state index in [1.165, 1.54) is 30.5 Å². The van der Waals surface area contributed by atoms with Gasteiger partial charge in [-0.15, -0.1) is 10.2 Å². The van der Waals surface area contributed by atoms with Gasteiger partial charge in [-0.1, -0.05) is 23.5 Å². The second kappa shape index (κ2) is 6.36. The number of benzene rings is 1. The molecule has 1 fully saturated rings. The lowest BCUT2D eigenvalue weighted by Gasteiger charge is -2.07. The lowest BCUT2D eigenvalue weighted by molar-refractivity contribution is 0.251. The second-order valence-corrected chi connectivity index (χ2v) is 6.55. The summed E-state index contributed by atoms with van der Waals surface area (Å²) >= 11 is 1.44. The quantitative estimate of drug-likeness (QED) is 0.742. The van der Waals surface area contributed by atoms with Crippen molar-refractivity contribution in [2.75, 3.05) is 5.32 Å². The van der Waals surface area contributed by atoms with Crippen molar-refractivity contribution in [3.05, 3.63) is 47.5 Å². The maximum absolute atomic E-state index is 12.0. The molecule has 24 heavy (non-hydrogen) atoms. The Balaban J connectivity index is 1.34. The first-order valence-corrected chi connectivity index (χ1v) is 8.42. The number of hydrogen-bond donors (Lipinski definition) is 2. The number of rotatable bonds is 5. The molecule has 1 aliphatic carbocycles. The Labute approximate surface area is 142 Å². The van der Waals surface area contributed by atoms with Gasteiger partial charge in [0.1, 0.15) is 17.7 Å². The standard InChI is InChI=1S/C15H15N7OS/c23-14(19-15-21-20-13(24-15)11-4-5-11)17-7-10-2-1-3-12(6-10)22-9-16-8-18-22/h1-3,6,8-9,11H,4-5,7H2,(H2,17,19,21,23). The molecule has 2 aromatic heterocycles. The molecule has 1 saturated carbocycles. The number of carbonyl (C=O) groups excluding carboxylic acids is 1. The molecule has 1 aliphatic rings. The van der Waals surface area contributed by atoms with Crippen LogP contribution in [0.3, 0.4) is 0 Å². The molecule has 0 unspecified atom stereocenters. The molecular formula is C15H15N7OS. The number of nitrogens with zero attached hydrogens (tertiary/aromatic N) is 5. The lowest BCUT2D eigenvalue weighted by Crippen LogP contribution is -2.28. The van der Waals surface area contributed by atoms with Gasteiger partial charge in [-0.25, -0.2) is 14.5 Å². The molecule has 0 aliphatic heterocycles. The minimum absolute atomic E-state index is 0.292. The average molecular weight is 341 g/mol. The Morgan fingerprint density at radius 3 is 3.04 bits per heavy atom. The van der Waals surface area contributed by atoms with Crippen LogP contribution in [0.5, 0.6) is 0 Å². The van der Waals surface area contributed by atoms with Crippen molar-refractivity contribution in [3.63, 3.8) is 0 Å². The highest BCUT2D eigenvalue weighted by atomic mass is 32.1. The van der Waals surface area contributed by atoms with Crippen LogP contribution in [0.1, 0.15) is 29.3 Å². The van der Waals surface area contributed by atoms with E-state index in [9.17, 15) is 4.79 Å². The summed E-state index contributed by atoms with van der Waals surface area (Å²) in [6, 6.07) is 7.44. The van der Waals surface area contributed by atoms with Crippen molar-refractivity contribution in [1.82, 2.24) is 30.3 Å². The largest absolute Gasteiger partial charge is 0.334 e. The molecule has 122 valence electrons. The maximum Gasteiger partial charge on any atom is 0.321 e. The van der Waals surface area contributed by atoms with Gasteiger partial charge in [0.2, 0.25) is 5.13 Å². The average Bonchev–Trinajstić information content (AvgIpc) is 3.11. The molecular weight excluding hydrogens is 326 g/mol. The Hall–Kier alpha value is -2.81. The van der Waals surface area contributed by atoms with Crippen molar-refractivity contribution < 1.29 is 4.79 Å². The van der Waals surface area contributed by atoms with Crippen LogP contribution in [-0.4, -0.2) is 31.0 Å². The van der Waals surface area contributed by atoms with Gasteiger partial charge in [0.05, 0.1) is 5.69 Å². The third kappa shape index (κ3) is 3.40. The van der Waals surface area contributed by atoms with Crippen molar-refractivity contribution >= 4 is 22.5 Å². The zero-order valence-corrected chi connectivity index (χ0v) is 13.5. The zero-order valence-electron chi connectivity index (χ0n) is 12.7. The van der Waals surface area contributed by atoms with Crippen LogP contribution in [0, 0.1) is 0 Å². The summed E-state index contributed by atoms with van der Waals surface area (Å²) in [7, 11) is 0. The summed E-state index contributed by atoms with van der Waals surface area (Å²) < 4.78 is 1.67. The minimum atomic E-state index is -0.292. The SMILES string of the molecule is O=C(NCc1cccc(-n2cncn2)c1)Nc1nnc(C2CC2)s1. The van der Waals surface area contributed by atoms with Crippen LogP contribution >= 0.6 is 11.3 Å². The molecule has 0 bridgehead atoms. The van der Waals surface area contributed by atoms with E-state index < -0.39 is 0 Å². The first-order valence-electron chi connectivity index (χ1n) is 7.60. The van der Waals surface area contributed by atoms with Crippen molar-refractivity contribution in [3.8, 4) is 5.69 Å². The molecule has 2 N–H and O–H groups in total. The number of anilines is 1. The number of urea groups is 1. The number of amides is 2. The van der Waals surface area contributed by atoms with Gasteiger partial charge in [0, 0.05) is 12.5 Å². The third-order valence-corrected chi connectivity index (χ3v) is 4.64. The van der Waals surface area contributed by atoms with Gasteiger partial charge >= 0.3 is 6.03 Å². The first kappa shape index (κ1) is 14.8. The fraction of sp³-hybridized carbons (Fsp3) is 0.267. The summed E-state index contributed by atoms with van der Waals surface area (Å²) in [4.78, 5) is 15.9. The summed E-state index contributed by atoms with van der Waals surface area (Å²) in [6.45, 7) is 0.405. The Morgan fingerprint density at radius 2 is 2.25 bits per heavy atom. The fourth-order valence-corrected chi connectivity index (χ4v) is 3.16. The van der Waals surface area contributed by atoms with Crippen LogP contribution < -0.4 is 10.6 Å². The smallest absolute Gasteiger partial charge is 0.321 e. The molecule has 9 heteroatoms. The Morgan fingerprint density at radius 1 is 1.33 bits per heavy atom. The van der Waals surface area contributed by atoms with Crippen molar-refractivity contribution in [2.45, 2.75) is 25.3 Å². The van der Waals surface area contributed by atoms with E-state index >= 15 is 0 Å². The van der Waals surface area contributed by atoms with E-state index in [1.54, 1.807) is 11.0 Å². The molecule has 3 aromatic rings. The lowest BCUT2D eigenvalue weighted by atomic mass is 10.2. The number of hydrogen-bond acceptors (Lipinski definition) is 6. The van der Waals surface area contributed by atoms with Crippen LogP contribution in [-0.2, 0) is 6.54 Å². The normalized spacial score (nSPS) is 13.7. The Kier molecular flexibility index (Phi) is 3.91. The molecule has 0 radical (unpaired) electrons. The highest BCUT2D eigenvalue weighted by molar-refractivity contribution is 7.15. The predicted octanol–water partition coefficient (Wildman–Crippen LogP) is 2.32. The summed E-state index contributed by atoms with van der Waals surface area (Å²) in [5, 5.41) is 19.3. The topological polar surface area (TPSA) is 97.6 Å². The predicted molar refractivity (Wildman–Crippen MR) is 89.1 cm³/mol. The summed E-state index contributed by atoms with van der Waals surface area (Å²) in [5.74, 6) is 0.542. The number of aromatic nitrogens is 5. The maximum atomic E-state index is 12.0. The van der Waals surface area contributed by atoms with Crippen LogP contribution in [0.15, 0.2) is 36.9 Å². The number of carbonyl (C=O) groups is 1. The van der Waals surface area contributed by atoms with Crippen LogP contribution in [0.25, 0.3) is 5.69 Å². The molecule has 0 spiro atoms. The fourth-order valence-electron chi connectivity index (χ4n) is 2.25. The van der Waals surface area contributed by atoms with Gasteiger partial charge in [-0.05, 0) is 30.5 Å². The molecule has 8 nitrogen and oxygen atoms in total. The molecule has 2 amide bonds. The third-order valence-electron chi connectivity index (χ3n) is 3.63. The van der Waals surface area contributed by atoms with Gasteiger partial charge in [-0.3, -0.25) is 5.32 Å². The van der Waals surface area contributed by atoms with Gasteiger partial charge in [0.15, 0.2) is 0 Å². The van der Waals surface area contributed by atoms with Crippen LogP contribution in [0.2, 0.25) is 0 Å². The van der Waals surface area contributed by atoms with Crippen molar-refractivity contribution in [1.29, 1.82) is 0 Å². The van der Waals surface area contributed by atoms with Crippen molar-refractivity contribution in [2.24, 2.45) is 0 Å². The number of nitrogens with one attached hydrogen (secondary N) is 2. The van der Waals surface area contributed by atoms with Gasteiger partial charge in [-0.2, -0.15) is 5.10 Å². The second-order valence-electron chi connectivity index (χ2n) is 5.54. The monoisotopic (exact) mass is 341 g/mol. The minimum Gasteiger partial charge on any atom is -0.334 e. The van der Waals surface area contributed by atoms with Crippen LogP contribution in [0.4, 0.5) is 9.93 Å². The van der Waals surface area contributed by atoms with E-state index in [4.69, 9.17) is 0 Å². The van der Waals surface area contributed by atoms with E-state index in [2.05, 4.69) is 30.9 Å². The summed E-state index contributed by atoms with van der Waals surface area (Å²) in [6.07, 6.45) is 5.45. The summed E-state index contributed by atoms with van der Waals surface area (Å²) in [5.41, 5.74) is 1.86.